The Morgan fingerprint density at radius 3 is 3.00 bits per heavy atom. The van der Waals surface area contributed by atoms with Crippen LogP contribution in [-0.2, 0) is 0 Å². The van der Waals surface area contributed by atoms with E-state index in [1.165, 1.54) is 5.56 Å². The van der Waals surface area contributed by atoms with Crippen LogP contribution in [0.2, 0.25) is 0 Å². The number of aromatic nitrogens is 1. The van der Waals surface area contributed by atoms with Crippen molar-refractivity contribution in [3.63, 3.8) is 0 Å². The third kappa shape index (κ3) is 0.486. The molecule has 0 aromatic carbocycles. The lowest BCUT2D eigenvalue weighted by Gasteiger charge is -1.87. The van der Waals surface area contributed by atoms with Crippen molar-refractivity contribution in [2.45, 2.75) is 0 Å². The third-order valence-corrected chi connectivity index (χ3v) is 1.56. The second-order valence-electron chi connectivity index (χ2n) is 2.17. The zero-order valence-electron chi connectivity index (χ0n) is 5.02. The van der Waals surface area contributed by atoms with Gasteiger partial charge in [0.2, 0.25) is 0 Å². The average molecular weight is 117 g/mol. The first-order chi connectivity index (χ1) is 4.38. The molecule has 0 spiro atoms. The Morgan fingerprint density at radius 2 is 2.22 bits per heavy atom. The number of aromatic amines is 1. The van der Waals surface area contributed by atoms with Crippen molar-refractivity contribution in [3.05, 3.63) is 36.2 Å². The number of allylic oxidation sites excluding steroid dienone is 2. The molecule has 0 saturated carbocycles. The largest absolute Gasteiger partial charge is 0.361 e. The SMILES string of the molecule is C=C1C=Cc2cc[nH]c21. The summed E-state index contributed by atoms with van der Waals surface area (Å²) < 4.78 is 0. The second kappa shape index (κ2) is 1.38. The highest BCUT2D eigenvalue weighted by Crippen LogP contribution is 2.25. The Kier molecular flexibility index (Phi) is 0.707. The molecule has 1 heteroatoms. The van der Waals surface area contributed by atoms with Gasteiger partial charge in [-0.3, -0.25) is 0 Å². The highest BCUT2D eigenvalue weighted by molar-refractivity contribution is 5.86. The number of H-pyrrole nitrogens is 1. The van der Waals surface area contributed by atoms with Crippen LogP contribution in [-0.4, -0.2) is 4.98 Å². The predicted molar refractivity (Wildman–Crippen MR) is 38.9 cm³/mol. The molecule has 0 unspecified atom stereocenters. The summed E-state index contributed by atoms with van der Waals surface area (Å²) in [6.45, 7) is 3.85. The van der Waals surface area contributed by atoms with Gasteiger partial charge in [0.05, 0.1) is 5.69 Å². The maximum Gasteiger partial charge on any atom is 0.0521 e. The summed E-state index contributed by atoms with van der Waals surface area (Å²) >= 11 is 0. The van der Waals surface area contributed by atoms with Gasteiger partial charge in [0.15, 0.2) is 0 Å². The van der Waals surface area contributed by atoms with Crippen LogP contribution in [0.15, 0.2) is 24.9 Å². The lowest BCUT2D eigenvalue weighted by molar-refractivity contribution is 1.36. The molecule has 0 bridgehead atoms. The summed E-state index contributed by atoms with van der Waals surface area (Å²) in [4.78, 5) is 3.11. The lowest BCUT2D eigenvalue weighted by Crippen LogP contribution is -1.73. The van der Waals surface area contributed by atoms with Crippen molar-refractivity contribution in [3.8, 4) is 0 Å². The fourth-order valence-corrected chi connectivity index (χ4v) is 1.07. The van der Waals surface area contributed by atoms with E-state index in [0.29, 0.717) is 0 Å². The molecule has 1 aliphatic carbocycles. The zero-order valence-corrected chi connectivity index (χ0v) is 5.02. The summed E-state index contributed by atoms with van der Waals surface area (Å²) in [5.74, 6) is 0. The van der Waals surface area contributed by atoms with Crippen molar-refractivity contribution in [2.24, 2.45) is 0 Å². The normalized spacial score (nSPS) is 14.4. The van der Waals surface area contributed by atoms with Gasteiger partial charge in [-0.2, -0.15) is 0 Å². The molecule has 1 nitrogen and oxygen atoms in total. The number of hydrogen-bond acceptors (Lipinski definition) is 0. The van der Waals surface area contributed by atoms with E-state index in [9.17, 15) is 0 Å². The molecule has 2 rings (SSSR count). The number of hydrogen-bond donors (Lipinski definition) is 1. The molecule has 0 radical (unpaired) electrons. The molecule has 0 fully saturated rings. The van der Waals surface area contributed by atoms with Gasteiger partial charge in [-0.25, -0.2) is 0 Å². The first-order valence-corrected chi connectivity index (χ1v) is 2.92. The number of fused-ring (bicyclic) bond motifs is 1. The maximum absolute atomic E-state index is 3.85. The first kappa shape index (κ1) is 4.62. The van der Waals surface area contributed by atoms with E-state index in [1.807, 2.05) is 18.3 Å². The van der Waals surface area contributed by atoms with Crippen molar-refractivity contribution < 1.29 is 0 Å². The Balaban J connectivity index is 2.73. The Labute approximate surface area is 53.7 Å². The van der Waals surface area contributed by atoms with Crippen molar-refractivity contribution in [2.75, 3.05) is 0 Å². The minimum Gasteiger partial charge on any atom is -0.361 e. The molecule has 1 aromatic heterocycles. The van der Waals surface area contributed by atoms with E-state index >= 15 is 0 Å². The molecule has 0 amide bonds. The van der Waals surface area contributed by atoms with Crippen LogP contribution in [0.5, 0.6) is 0 Å². The highest BCUT2D eigenvalue weighted by Gasteiger charge is 2.07. The van der Waals surface area contributed by atoms with E-state index in [4.69, 9.17) is 0 Å². The molecule has 1 aromatic rings. The molecule has 0 aliphatic heterocycles. The van der Waals surface area contributed by atoms with Gasteiger partial charge < -0.3 is 4.98 Å². The van der Waals surface area contributed by atoms with Crippen LogP contribution in [0.25, 0.3) is 11.6 Å². The van der Waals surface area contributed by atoms with Gasteiger partial charge in [0.25, 0.3) is 0 Å². The fourth-order valence-electron chi connectivity index (χ4n) is 1.07. The van der Waals surface area contributed by atoms with Crippen molar-refractivity contribution >= 4 is 11.6 Å². The molecular formula is C8H7N. The van der Waals surface area contributed by atoms with Gasteiger partial charge >= 0.3 is 0 Å². The van der Waals surface area contributed by atoms with E-state index in [0.717, 1.165) is 11.3 Å². The quantitative estimate of drug-likeness (QED) is 0.535. The topological polar surface area (TPSA) is 15.8 Å². The van der Waals surface area contributed by atoms with Crippen LogP contribution in [0.1, 0.15) is 11.3 Å². The average Bonchev–Trinajstić information content (AvgIpc) is 2.35. The molecule has 0 saturated heterocycles. The summed E-state index contributed by atoms with van der Waals surface area (Å²) in [5, 5.41) is 0. The van der Waals surface area contributed by atoms with Crippen LogP contribution in [0.4, 0.5) is 0 Å². The van der Waals surface area contributed by atoms with Crippen molar-refractivity contribution in [1.29, 1.82) is 0 Å². The Hall–Kier alpha value is -1.24. The minimum absolute atomic E-state index is 1.08. The number of nitrogens with one attached hydrogen (secondary N) is 1. The lowest BCUT2D eigenvalue weighted by atomic mass is 10.2. The highest BCUT2D eigenvalue weighted by atomic mass is 14.7. The maximum atomic E-state index is 3.85. The van der Waals surface area contributed by atoms with Gasteiger partial charge in [0.1, 0.15) is 0 Å². The monoisotopic (exact) mass is 117 g/mol. The van der Waals surface area contributed by atoms with E-state index < -0.39 is 0 Å². The summed E-state index contributed by atoms with van der Waals surface area (Å²) in [6.07, 6.45) is 6.01. The van der Waals surface area contributed by atoms with Crippen LogP contribution >= 0.6 is 0 Å². The number of rotatable bonds is 0. The van der Waals surface area contributed by atoms with Gasteiger partial charge in [-0.05, 0) is 17.2 Å². The minimum atomic E-state index is 1.08. The molecule has 0 atom stereocenters. The van der Waals surface area contributed by atoms with Gasteiger partial charge in [0, 0.05) is 6.20 Å². The summed E-state index contributed by atoms with van der Waals surface area (Å²) in [7, 11) is 0. The Morgan fingerprint density at radius 1 is 1.33 bits per heavy atom. The standard InChI is InChI=1S/C8H7N/c1-6-2-3-7-4-5-9-8(6)7/h2-5,9H,1H2. The molecule has 1 aliphatic rings. The van der Waals surface area contributed by atoms with Crippen LogP contribution in [0.3, 0.4) is 0 Å². The molecule has 1 heterocycles. The molecule has 1 N–H and O–H groups in total. The van der Waals surface area contributed by atoms with Crippen molar-refractivity contribution in [1.82, 2.24) is 4.98 Å². The summed E-state index contributed by atoms with van der Waals surface area (Å²) in [6, 6.07) is 2.05. The second-order valence-corrected chi connectivity index (χ2v) is 2.17. The molecule has 44 valence electrons. The molecule has 9 heavy (non-hydrogen) atoms. The van der Waals surface area contributed by atoms with Crippen LogP contribution < -0.4 is 0 Å². The first-order valence-electron chi connectivity index (χ1n) is 2.92. The Bertz CT molecular complexity index is 279. The van der Waals surface area contributed by atoms with E-state index in [1.54, 1.807) is 0 Å². The molecular weight excluding hydrogens is 110 g/mol. The smallest absolute Gasteiger partial charge is 0.0521 e. The fraction of sp³-hybridized carbons (Fsp3) is 0. The zero-order chi connectivity index (χ0) is 6.27. The van der Waals surface area contributed by atoms with E-state index in [-0.39, 0.29) is 0 Å². The summed E-state index contributed by atoms with van der Waals surface area (Å²) in [5.41, 5.74) is 3.49. The third-order valence-electron chi connectivity index (χ3n) is 1.56. The van der Waals surface area contributed by atoms with Crippen LogP contribution in [0, 0.1) is 0 Å². The van der Waals surface area contributed by atoms with Gasteiger partial charge in [-0.15, -0.1) is 0 Å². The van der Waals surface area contributed by atoms with E-state index in [2.05, 4.69) is 17.6 Å². The predicted octanol–water partition coefficient (Wildman–Crippen LogP) is 2.05. The van der Waals surface area contributed by atoms with Gasteiger partial charge in [-0.1, -0.05) is 18.7 Å².